The second-order valence-electron chi connectivity index (χ2n) is 3.79. The van der Waals surface area contributed by atoms with Crippen LogP contribution in [-0.2, 0) is 6.42 Å². The average molecular weight is 194 g/mol. The van der Waals surface area contributed by atoms with Gasteiger partial charge in [-0.3, -0.25) is 0 Å². The van der Waals surface area contributed by atoms with Gasteiger partial charge in [0.25, 0.3) is 0 Å². The van der Waals surface area contributed by atoms with Crippen LogP contribution in [0.2, 0.25) is 0 Å². The average Bonchev–Trinajstić information content (AvgIpc) is 2.19. The molecule has 0 saturated carbocycles. The molecule has 1 aromatic rings. The fraction of sp³-hybridized carbons (Fsp3) is 0.455. The van der Waals surface area contributed by atoms with E-state index < -0.39 is 0 Å². The SMILES string of the molecule is COc1cc2c(cc1O)C(C)[NH2+]CC2. The van der Waals surface area contributed by atoms with E-state index in [1.54, 1.807) is 7.11 Å². The first-order valence-electron chi connectivity index (χ1n) is 4.95. The molecule has 0 radical (unpaired) electrons. The van der Waals surface area contributed by atoms with E-state index in [1.807, 2.05) is 12.1 Å². The second-order valence-corrected chi connectivity index (χ2v) is 3.79. The number of benzene rings is 1. The monoisotopic (exact) mass is 194 g/mol. The summed E-state index contributed by atoms with van der Waals surface area (Å²) in [7, 11) is 1.58. The van der Waals surface area contributed by atoms with E-state index >= 15 is 0 Å². The van der Waals surface area contributed by atoms with E-state index in [0.29, 0.717) is 11.8 Å². The number of methoxy groups -OCH3 is 1. The van der Waals surface area contributed by atoms with Crippen molar-refractivity contribution in [2.75, 3.05) is 13.7 Å². The van der Waals surface area contributed by atoms with Crippen LogP contribution < -0.4 is 10.1 Å². The zero-order chi connectivity index (χ0) is 10.1. The van der Waals surface area contributed by atoms with Gasteiger partial charge in [0.05, 0.1) is 13.7 Å². The van der Waals surface area contributed by atoms with E-state index in [4.69, 9.17) is 4.74 Å². The van der Waals surface area contributed by atoms with Crippen LogP contribution >= 0.6 is 0 Å². The van der Waals surface area contributed by atoms with Crippen molar-refractivity contribution < 1.29 is 15.2 Å². The lowest BCUT2D eigenvalue weighted by Gasteiger charge is -2.21. The van der Waals surface area contributed by atoms with Crippen molar-refractivity contribution in [2.45, 2.75) is 19.4 Å². The molecule has 0 aromatic heterocycles. The van der Waals surface area contributed by atoms with Crippen molar-refractivity contribution in [3.63, 3.8) is 0 Å². The Morgan fingerprint density at radius 1 is 1.50 bits per heavy atom. The van der Waals surface area contributed by atoms with Crippen LogP contribution in [0.4, 0.5) is 0 Å². The first-order chi connectivity index (χ1) is 6.72. The molecular formula is C11H16NO2+. The lowest BCUT2D eigenvalue weighted by Crippen LogP contribution is -2.86. The van der Waals surface area contributed by atoms with Crippen LogP contribution in [-0.4, -0.2) is 18.8 Å². The van der Waals surface area contributed by atoms with E-state index in [1.165, 1.54) is 11.1 Å². The molecule has 3 nitrogen and oxygen atoms in total. The lowest BCUT2D eigenvalue weighted by atomic mass is 9.95. The smallest absolute Gasteiger partial charge is 0.160 e. The van der Waals surface area contributed by atoms with Gasteiger partial charge < -0.3 is 15.2 Å². The summed E-state index contributed by atoms with van der Waals surface area (Å²) in [4.78, 5) is 0. The second kappa shape index (κ2) is 3.50. The third kappa shape index (κ3) is 1.44. The molecule has 3 heteroatoms. The van der Waals surface area contributed by atoms with Crippen LogP contribution in [0.5, 0.6) is 11.5 Å². The Hall–Kier alpha value is -1.22. The Morgan fingerprint density at radius 3 is 3.00 bits per heavy atom. The molecule has 1 atom stereocenters. The summed E-state index contributed by atoms with van der Waals surface area (Å²) in [6.45, 7) is 3.27. The molecule has 0 amide bonds. The predicted octanol–water partition coefficient (Wildman–Crippen LogP) is 0.581. The topological polar surface area (TPSA) is 46.1 Å². The molecular weight excluding hydrogens is 178 g/mol. The summed E-state index contributed by atoms with van der Waals surface area (Å²) in [5.41, 5.74) is 2.53. The molecule has 1 aliphatic rings. The number of ether oxygens (including phenoxy) is 1. The summed E-state index contributed by atoms with van der Waals surface area (Å²) in [6.07, 6.45) is 1.05. The van der Waals surface area contributed by atoms with Crippen LogP contribution in [0.25, 0.3) is 0 Å². The van der Waals surface area contributed by atoms with Gasteiger partial charge in [0.1, 0.15) is 6.04 Å². The molecule has 0 aliphatic carbocycles. The molecule has 0 fully saturated rings. The van der Waals surface area contributed by atoms with Gasteiger partial charge in [-0.2, -0.15) is 0 Å². The molecule has 1 heterocycles. The predicted molar refractivity (Wildman–Crippen MR) is 53.6 cm³/mol. The highest BCUT2D eigenvalue weighted by Gasteiger charge is 2.21. The van der Waals surface area contributed by atoms with Crippen molar-refractivity contribution >= 4 is 0 Å². The highest BCUT2D eigenvalue weighted by molar-refractivity contribution is 5.47. The number of phenolic OH excluding ortho intramolecular Hbond substituents is 1. The zero-order valence-electron chi connectivity index (χ0n) is 8.58. The Bertz CT molecular complexity index is 349. The number of nitrogens with two attached hydrogens (primary N) is 1. The highest BCUT2D eigenvalue weighted by atomic mass is 16.5. The number of aromatic hydroxyl groups is 1. The minimum Gasteiger partial charge on any atom is -0.504 e. The van der Waals surface area contributed by atoms with Gasteiger partial charge in [-0.05, 0) is 24.6 Å². The number of fused-ring (bicyclic) bond motifs is 1. The summed E-state index contributed by atoms with van der Waals surface area (Å²) >= 11 is 0. The minimum atomic E-state index is 0.244. The molecule has 1 aliphatic heterocycles. The van der Waals surface area contributed by atoms with Crippen molar-refractivity contribution in [1.29, 1.82) is 0 Å². The standard InChI is InChI=1S/C11H15NO2/c1-7-9-6-10(13)11(14-2)5-8(9)3-4-12-7/h5-7,12-13H,3-4H2,1-2H3/p+1. The summed E-state index contributed by atoms with van der Waals surface area (Å²) in [6, 6.07) is 4.22. The molecule has 76 valence electrons. The fourth-order valence-electron chi connectivity index (χ4n) is 2.05. The molecule has 1 unspecified atom stereocenters. The summed E-state index contributed by atoms with van der Waals surface area (Å²) in [5, 5.41) is 11.9. The highest BCUT2D eigenvalue weighted by Crippen LogP contribution is 2.32. The third-order valence-electron chi connectivity index (χ3n) is 2.87. The lowest BCUT2D eigenvalue weighted by molar-refractivity contribution is -0.695. The molecule has 3 N–H and O–H groups in total. The maximum atomic E-state index is 9.65. The maximum Gasteiger partial charge on any atom is 0.160 e. The van der Waals surface area contributed by atoms with Crippen LogP contribution in [0.1, 0.15) is 24.1 Å². The molecule has 1 aromatic carbocycles. The number of quaternary nitrogens is 1. The number of hydrogen-bond acceptors (Lipinski definition) is 2. The van der Waals surface area contributed by atoms with Crippen molar-refractivity contribution in [1.82, 2.24) is 0 Å². The molecule has 0 bridgehead atoms. The third-order valence-corrected chi connectivity index (χ3v) is 2.87. The van der Waals surface area contributed by atoms with Gasteiger partial charge in [0, 0.05) is 12.0 Å². The summed E-state index contributed by atoms with van der Waals surface area (Å²) < 4.78 is 5.09. The van der Waals surface area contributed by atoms with E-state index in [9.17, 15) is 5.11 Å². The molecule has 0 spiro atoms. The van der Waals surface area contributed by atoms with E-state index in [-0.39, 0.29) is 5.75 Å². The molecule has 0 saturated heterocycles. The Kier molecular flexibility index (Phi) is 2.33. The van der Waals surface area contributed by atoms with Crippen LogP contribution in [0.3, 0.4) is 0 Å². The molecule has 2 rings (SSSR count). The van der Waals surface area contributed by atoms with Gasteiger partial charge in [0.2, 0.25) is 0 Å². The number of rotatable bonds is 1. The largest absolute Gasteiger partial charge is 0.504 e. The quantitative estimate of drug-likeness (QED) is 0.687. The van der Waals surface area contributed by atoms with Gasteiger partial charge >= 0.3 is 0 Å². The maximum absolute atomic E-state index is 9.65. The number of phenols is 1. The van der Waals surface area contributed by atoms with Crippen molar-refractivity contribution in [2.24, 2.45) is 0 Å². The van der Waals surface area contributed by atoms with E-state index in [2.05, 4.69) is 12.2 Å². The van der Waals surface area contributed by atoms with E-state index in [0.717, 1.165) is 13.0 Å². The minimum absolute atomic E-state index is 0.244. The first-order valence-corrected chi connectivity index (χ1v) is 4.95. The molecule has 14 heavy (non-hydrogen) atoms. The number of hydrogen-bond donors (Lipinski definition) is 2. The zero-order valence-corrected chi connectivity index (χ0v) is 8.58. The Morgan fingerprint density at radius 2 is 2.29 bits per heavy atom. The van der Waals surface area contributed by atoms with Crippen molar-refractivity contribution in [3.05, 3.63) is 23.3 Å². The van der Waals surface area contributed by atoms with Gasteiger partial charge in [-0.1, -0.05) is 0 Å². The fourth-order valence-corrected chi connectivity index (χ4v) is 2.05. The van der Waals surface area contributed by atoms with Gasteiger partial charge in [-0.15, -0.1) is 0 Å². The van der Waals surface area contributed by atoms with Gasteiger partial charge in [0.15, 0.2) is 11.5 Å². The van der Waals surface area contributed by atoms with Crippen molar-refractivity contribution in [3.8, 4) is 11.5 Å². The summed E-state index contributed by atoms with van der Waals surface area (Å²) in [5.74, 6) is 0.825. The van der Waals surface area contributed by atoms with Crippen LogP contribution in [0.15, 0.2) is 12.1 Å². The Labute approximate surface area is 83.7 Å². The normalized spacial score (nSPS) is 20.3. The Balaban J connectivity index is 2.48. The van der Waals surface area contributed by atoms with Gasteiger partial charge in [-0.25, -0.2) is 0 Å². The van der Waals surface area contributed by atoms with Crippen LogP contribution in [0, 0.1) is 0 Å². The first kappa shape index (κ1) is 9.34.